The number of amides is 1. The number of rotatable bonds is 6. The van der Waals surface area contributed by atoms with Gasteiger partial charge in [-0.2, -0.15) is 0 Å². The third-order valence-electron chi connectivity index (χ3n) is 3.39. The van der Waals surface area contributed by atoms with Gasteiger partial charge in [-0.1, -0.05) is 0 Å². The second-order valence-electron chi connectivity index (χ2n) is 5.04. The van der Waals surface area contributed by atoms with Crippen LogP contribution in [0.25, 0.3) is 6.08 Å². The van der Waals surface area contributed by atoms with Crippen molar-refractivity contribution >= 4 is 27.7 Å². The predicted octanol–water partition coefficient (Wildman–Crippen LogP) is 0.760. The summed E-state index contributed by atoms with van der Waals surface area (Å²) in [6, 6.07) is 5.79. The fraction of sp³-hybridized carbons (Fsp3) is 0.357. The lowest BCUT2D eigenvalue weighted by Crippen LogP contribution is -2.35. The Kier molecular flexibility index (Phi) is 5.45. The van der Waals surface area contributed by atoms with Gasteiger partial charge in [0.15, 0.2) is 0 Å². The number of non-ortho nitro benzene ring substituents is 1. The van der Waals surface area contributed by atoms with E-state index in [1.54, 1.807) is 12.1 Å². The highest BCUT2D eigenvalue weighted by atomic mass is 32.2. The van der Waals surface area contributed by atoms with Crippen LogP contribution >= 0.6 is 0 Å². The van der Waals surface area contributed by atoms with Crippen LogP contribution in [0.15, 0.2) is 30.3 Å². The molecule has 0 unspecified atom stereocenters. The second-order valence-corrected chi connectivity index (χ2v) is 7.13. The maximum Gasteiger partial charge on any atom is 0.269 e. The normalized spacial score (nSPS) is 17.4. The average Bonchev–Trinajstić information content (AvgIpc) is 2.84. The van der Waals surface area contributed by atoms with Crippen molar-refractivity contribution < 1.29 is 18.1 Å². The molecule has 1 N–H and O–H groups in total. The Balaban J connectivity index is 1.79. The second kappa shape index (κ2) is 7.34. The van der Waals surface area contributed by atoms with Gasteiger partial charge in [0.05, 0.1) is 10.7 Å². The molecule has 1 aromatic rings. The first kappa shape index (κ1) is 17.1. The fourth-order valence-electron chi connectivity index (χ4n) is 2.18. The van der Waals surface area contributed by atoms with Crippen LogP contribution in [0.4, 0.5) is 5.69 Å². The van der Waals surface area contributed by atoms with Gasteiger partial charge in [-0.15, -0.1) is 0 Å². The van der Waals surface area contributed by atoms with Gasteiger partial charge in [0.25, 0.3) is 5.69 Å². The summed E-state index contributed by atoms with van der Waals surface area (Å²) in [6.45, 7) is 0.999. The molecule has 23 heavy (non-hydrogen) atoms. The third kappa shape index (κ3) is 4.86. The minimum atomic E-state index is -3.14. The Morgan fingerprint density at radius 3 is 2.61 bits per heavy atom. The lowest BCUT2D eigenvalue weighted by Gasteiger charge is -2.13. The van der Waals surface area contributed by atoms with Crippen LogP contribution in [-0.2, 0) is 14.8 Å². The van der Waals surface area contributed by atoms with E-state index in [2.05, 4.69) is 5.32 Å². The Morgan fingerprint density at radius 1 is 1.35 bits per heavy atom. The largest absolute Gasteiger partial charge is 0.351 e. The van der Waals surface area contributed by atoms with Crippen molar-refractivity contribution in [2.24, 2.45) is 0 Å². The van der Waals surface area contributed by atoms with Crippen molar-refractivity contribution in [3.63, 3.8) is 0 Å². The van der Waals surface area contributed by atoms with Gasteiger partial charge in [-0.25, -0.2) is 12.7 Å². The van der Waals surface area contributed by atoms with E-state index in [0.717, 1.165) is 0 Å². The highest BCUT2D eigenvalue weighted by Gasteiger charge is 2.27. The Labute approximate surface area is 134 Å². The molecule has 1 fully saturated rings. The van der Waals surface area contributed by atoms with Crippen LogP contribution in [0.3, 0.4) is 0 Å². The van der Waals surface area contributed by atoms with Gasteiger partial charge >= 0.3 is 0 Å². The Morgan fingerprint density at radius 2 is 2.04 bits per heavy atom. The van der Waals surface area contributed by atoms with Crippen LogP contribution in [-0.4, -0.2) is 48.9 Å². The van der Waals surface area contributed by atoms with Crippen LogP contribution < -0.4 is 5.32 Å². The number of carbonyl (C=O) groups excluding carboxylic acids is 1. The van der Waals surface area contributed by atoms with Crippen molar-refractivity contribution in [3.8, 4) is 0 Å². The zero-order valence-electron chi connectivity index (χ0n) is 12.3. The molecule has 1 saturated heterocycles. The number of sulfonamides is 1. The summed E-state index contributed by atoms with van der Waals surface area (Å²) < 4.78 is 24.5. The molecule has 0 aliphatic carbocycles. The molecule has 1 aromatic carbocycles. The summed E-state index contributed by atoms with van der Waals surface area (Å²) in [7, 11) is -3.14. The zero-order chi connectivity index (χ0) is 16.9. The van der Waals surface area contributed by atoms with Gasteiger partial charge < -0.3 is 5.32 Å². The van der Waals surface area contributed by atoms with Crippen LogP contribution in [0.5, 0.6) is 0 Å². The van der Waals surface area contributed by atoms with Crippen LogP contribution in [0.1, 0.15) is 12.0 Å². The van der Waals surface area contributed by atoms with E-state index in [1.807, 2.05) is 0 Å². The van der Waals surface area contributed by atoms with E-state index in [4.69, 9.17) is 0 Å². The molecule has 1 amide bonds. The Bertz CT molecular complexity index is 712. The highest BCUT2D eigenvalue weighted by molar-refractivity contribution is 7.89. The molecule has 9 heteroatoms. The molecule has 0 saturated carbocycles. The first-order valence-corrected chi connectivity index (χ1v) is 8.67. The molecule has 1 heterocycles. The number of hydrogen-bond donors (Lipinski definition) is 1. The van der Waals surface area contributed by atoms with Crippen molar-refractivity contribution in [1.82, 2.24) is 9.62 Å². The average molecular weight is 339 g/mol. The quantitative estimate of drug-likeness (QED) is 0.467. The molecule has 0 bridgehead atoms. The van der Waals surface area contributed by atoms with E-state index in [-0.39, 0.29) is 30.4 Å². The Hall–Kier alpha value is -2.26. The van der Waals surface area contributed by atoms with Gasteiger partial charge in [-0.05, 0) is 30.2 Å². The third-order valence-corrected chi connectivity index (χ3v) is 5.35. The van der Waals surface area contributed by atoms with Crippen molar-refractivity contribution in [3.05, 3.63) is 46.0 Å². The van der Waals surface area contributed by atoms with Crippen LogP contribution in [0.2, 0.25) is 0 Å². The summed E-state index contributed by atoms with van der Waals surface area (Å²) in [5.74, 6) is -0.180. The molecule has 1 aliphatic heterocycles. The number of nitrogens with zero attached hydrogens (tertiary/aromatic N) is 2. The monoisotopic (exact) mass is 339 g/mol. The number of benzene rings is 1. The zero-order valence-corrected chi connectivity index (χ0v) is 13.2. The summed E-state index contributed by atoms with van der Waals surface area (Å²) in [6.07, 6.45) is 3.46. The lowest BCUT2D eigenvalue weighted by molar-refractivity contribution is -0.384. The maximum atomic E-state index is 11.7. The van der Waals surface area contributed by atoms with E-state index in [0.29, 0.717) is 18.5 Å². The maximum absolute atomic E-state index is 11.7. The molecule has 2 rings (SSSR count). The summed E-state index contributed by atoms with van der Waals surface area (Å²) in [5.41, 5.74) is 0.645. The number of carbonyl (C=O) groups is 1. The minimum Gasteiger partial charge on any atom is -0.351 e. The highest BCUT2D eigenvalue weighted by Crippen LogP contribution is 2.13. The smallest absolute Gasteiger partial charge is 0.269 e. The van der Waals surface area contributed by atoms with Gasteiger partial charge in [0.2, 0.25) is 15.9 Å². The lowest BCUT2D eigenvalue weighted by atomic mass is 10.2. The predicted molar refractivity (Wildman–Crippen MR) is 85.1 cm³/mol. The fourth-order valence-corrected chi connectivity index (χ4v) is 3.71. The molecule has 1 aliphatic rings. The molecule has 0 spiro atoms. The van der Waals surface area contributed by atoms with Crippen molar-refractivity contribution in [2.75, 3.05) is 25.4 Å². The topological polar surface area (TPSA) is 110 Å². The van der Waals surface area contributed by atoms with Crippen molar-refractivity contribution in [1.29, 1.82) is 0 Å². The summed E-state index contributed by atoms with van der Waals surface area (Å²) >= 11 is 0. The molecule has 0 atom stereocenters. The summed E-state index contributed by atoms with van der Waals surface area (Å²) in [4.78, 5) is 21.7. The molecule has 0 aromatic heterocycles. The number of hydrogen-bond acceptors (Lipinski definition) is 5. The van der Waals surface area contributed by atoms with E-state index in [9.17, 15) is 23.3 Å². The summed E-state index contributed by atoms with van der Waals surface area (Å²) in [5, 5.41) is 13.1. The van der Waals surface area contributed by atoms with E-state index < -0.39 is 14.9 Å². The van der Waals surface area contributed by atoms with E-state index in [1.165, 1.54) is 28.6 Å². The first-order valence-electron chi connectivity index (χ1n) is 7.07. The number of nitro benzene ring substituents is 1. The molecular formula is C14H17N3O5S. The molecule has 0 radical (unpaired) electrons. The first-order chi connectivity index (χ1) is 10.9. The molecule has 124 valence electrons. The number of nitro groups is 1. The van der Waals surface area contributed by atoms with Crippen molar-refractivity contribution in [2.45, 2.75) is 6.42 Å². The van der Waals surface area contributed by atoms with Gasteiger partial charge in [0, 0.05) is 37.8 Å². The minimum absolute atomic E-state index is 0.0153. The van der Waals surface area contributed by atoms with Gasteiger partial charge in [0.1, 0.15) is 0 Å². The van der Waals surface area contributed by atoms with E-state index >= 15 is 0 Å². The standard InChI is InChI=1S/C14H17N3O5S/c18-14(15-8-10-16-9-1-11-23(16,21)22)7-4-12-2-5-13(6-3-12)17(19)20/h2-7H,1,8-11H2,(H,15,18)/b7-4+. The molecular weight excluding hydrogens is 322 g/mol. The SMILES string of the molecule is O=C(/C=C/c1ccc([N+](=O)[O-])cc1)NCCN1CCCS1(=O)=O. The number of nitrogens with one attached hydrogen (secondary N) is 1. The van der Waals surface area contributed by atoms with Gasteiger partial charge in [-0.3, -0.25) is 14.9 Å². The van der Waals surface area contributed by atoms with Crippen LogP contribution in [0, 0.1) is 10.1 Å². The molecule has 8 nitrogen and oxygen atoms in total.